The topological polar surface area (TPSA) is 70.1 Å². The summed E-state index contributed by atoms with van der Waals surface area (Å²) in [5.41, 5.74) is 0. The number of aromatic nitrogens is 2. The summed E-state index contributed by atoms with van der Waals surface area (Å²) in [5.74, 6) is 2.47. The van der Waals surface area contributed by atoms with Crippen molar-refractivity contribution in [2.75, 3.05) is 30.0 Å². The lowest BCUT2D eigenvalue weighted by atomic mass is 10.2. The summed E-state index contributed by atoms with van der Waals surface area (Å²) in [6, 6.07) is 2.06. The second kappa shape index (κ2) is 8.22. The minimum absolute atomic E-state index is 0.147. The summed E-state index contributed by atoms with van der Waals surface area (Å²) < 4.78 is 0. The molecule has 0 saturated heterocycles. The summed E-state index contributed by atoms with van der Waals surface area (Å²) in [7, 11) is 0. The van der Waals surface area contributed by atoms with Gasteiger partial charge in [-0.15, -0.1) is 0 Å². The Hall–Kier alpha value is -1.01. The highest BCUT2D eigenvalue weighted by atomic mass is 32.2. The van der Waals surface area contributed by atoms with E-state index in [2.05, 4.69) is 27.5 Å². The predicted molar refractivity (Wildman–Crippen MR) is 83.0 cm³/mol. The zero-order valence-electron chi connectivity index (χ0n) is 12.1. The first-order valence-electron chi connectivity index (χ1n) is 6.66. The molecule has 0 fully saturated rings. The number of aliphatic hydroxyl groups is 1. The smallest absolute Gasteiger partial charge is 0.132 e. The third-order valence-corrected chi connectivity index (χ3v) is 4.03. The maximum absolute atomic E-state index is 9.31. The van der Waals surface area contributed by atoms with Crippen LogP contribution in [0.1, 0.15) is 26.6 Å². The van der Waals surface area contributed by atoms with E-state index < -0.39 is 0 Å². The Kier molecular flexibility index (Phi) is 6.94. The second-order valence-corrected chi connectivity index (χ2v) is 5.41. The van der Waals surface area contributed by atoms with Gasteiger partial charge in [-0.3, -0.25) is 0 Å². The molecule has 2 atom stereocenters. The van der Waals surface area contributed by atoms with Gasteiger partial charge in [-0.05, 0) is 20.1 Å². The zero-order chi connectivity index (χ0) is 14.3. The molecule has 3 N–H and O–H groups in total. The van der Waals surface area contributed by atoms with Crippen LogP contribution in [-0.4, -0.2) is 45.8 Å². The number of thioether (sulfide) groups is 1. The van der Waals surface area contributed by atoms with Crippen LogP contribution in [0.4, 0.5) is 11.6 Å². The first kappa shape index (κ1) is 16.0. The highest BCUT2D eigenvalue weighted by Gasteiger charge is 2.16. The van der Waals surface area contributed by atoms with Crippen molar-refractivity contribution in [2.24, 2.45) is 0 Å². The van der Waals surface area contributed by atoms with Gasteiger partial charge in [-0.25, -0.2) is 9.97 Å². The SMILES string of the molecule is CCNc1cc(NC(C)C(CO)SC)nc(CC)n1. The van der Waals surface area contributed by atoms with Crippen molar-refractivity contribution < 1.29 is 5.11 Å². The highest BCUT2D eigenvalue weighted by Crippen LogP contribution is 2.17. The van der Waals surface area contributed by atoms with E-state index in [1.807, 2.05) is 26.2 Å². The summed E-state index contributed by atoms with van der Waals surface area (Å²) in [6.07, 6.45) is 2.80. The van der Waals surface area contributed by atoms with Gasteiger partial charge in [-0.2, -0.15) is 11.8 Å². The molecule has 0 spiro atoms. The maximum atomic E-state index is 9.31. The Balaban J connectivity index is 2.84. The molecule has 0 radical (unpaired) electrons. The number of hydrogen-bond donors (Lipinski definition) is 3. The fraction of sp³-hybridized carbons (Fsp3) is 0.692. The van der Waals surface area contributed by atoms with Crippen LogP contribution in [0.2, 0.25) is 0 Å². The monoisotopic (exact) mass is 284 g/mol. The first-order chi connectivity index (χ1) is 9.14. The van der Waals surface area contributed by atoms with E-state index in [0.717, 1.165) is 30.4 Å². The van der Waals surface area contributed by atoms with E-state index >= 15 is 0 Å². The summed E-state index contributed by atoms with van der Waals surface area (Å²) in [6.45, 7) is 7.12. The number of hydrogen-bond acceptors (Lipinski definition) is 6. The van der Waals surface area contributed by atoms with E-state index in [4.69, 9.17) is 0 Å². The number of nitrogens with one attached hydrogen (secondary N) is 2. The van der Waals surface area contributed by atoms with Crippen molar-refractivity contribution in [3.63, 3.8) is 0 Å². The van der Waals surface area contributed by atoms with Gasteiger partial charge in [0.25, 0.3) is 0 Å². The van der Waals surface area contributed by atoms with Crippen LogP contribution in [-0.2, 0) is 6.42 Å². The van der Waals surface area contributed by atoms with E-state index in [1.165, 1.54) is 0 Å². The van der Waals surface area contributed by atoms with Crippen LogP contribution in [0.15, 0.2) is 6.07 Å². The predicted octanol–water partition coefficient (Wildman–Crippen LogP) is 2.00. The molecule has 1 aromatic rings. The molecule has 108 valence electrons. The van der Waals surface area contributed by atoms with E-state index in [-0.39, 0.29) is 17.9 Å². The van der Waals surface area contributed by atoms with Crippen LogP contribution >= 0.6 is 11.8 Å². The first-order valence-corrected chi connectivity index (χ1v) is 7.95. The Morgan fingerprint density at radius 1 is 1.32 bits per heavy atom. The number of nitrogens with zero attached hydrogens (tertiary/aromatic N) is 2. The zero-order valence-corrected chi connectivity index (χ0v) is 12.9. The lowest BCUT2D eigenvalue weighted by molar-refractivity contribution is 0.288. The van der Waals surface area contributed by atoms with Crippen molar-refractivity contribution in [1.82, 2.24) is 9.97 Å². The largest absolute Gasteiger partial charge is 0.395 e. The summed E-state index contributed by atoms with van der Waals surface area (Å²) >= 11 is 1.65. The Bertz CT molecular complexity index is 385. The Morgan fingerprint density at radius 3 is 2.53 bits per heavy atom. The van der Waals surface area contributed by atoms with Crippen molar-refractivity contribution in [3.05, 3.63) is 11.9 Å². The van der Waals surface area contributed by atoms with Crippen LogP contribution in [0.5, 0.6) is 0 Å². The second-order valence-electron chi connectivity index (χ2n) is 4.33. The molecule has 0 aliphatic carbocycles. The molecule has 0 saturated carbocycles. The van der Waals surface area contributed by atoms with Gasteiger partial charge >= 0.3 is 0 Å². The number of rotatable bonds is 8. The Labute approximate surface area is 119 Å². The number of aryl methyl sites for hydroxylation is 1. The van der Waals surface area contributed by atoms with Crippen molar-refractivity contribution in [1.29, 1.82) is 0 Å². The highest BCUT2D eigenvalue weighted by molar-refractivity contribution is 7.99. The molecule has 19 heavy (non-hydrogen) atoms. The number of anilines is 2. The lowest BCUT2D eigenvalue weighted by Crippen LogP contribution is -2.31. The van der Waals surface area contributed by atoms with Gasteiger partial charge in [0, 0.05) is 30.3 Å². The quantitative estimate of drug-likeness (QED) is 0.678. The van der Waals surface area contributed by atoms with Crippen LogP contribution in [0.25, 0.3) is 0 Å². The fourth-order valence-corrected chi connectivity index (χ4v) is 2.39. The molecule has 2 unspecified atom stereocenters. The molecule has 0 aliphatic heterocycles. The van der Waals surface area contributed by atoms with E-state index in [1.54, 1.807) is 11.8 Å². The van der Waals surface area contributed by atoms with Crippen LogP contribution in [0, 0.1) is 0 Å². The molecule has 1 heterocycles. The molecule has 5 nitrogen and oxygen atoms in total. The van der Waals surface area contributed by atoms with Crippen LogP contribution < -0.4 is 10.6 Å². The van der Waals surface area contributed by atoms with E-state index in [0.29, 0.717) is 0 Å². The minimum Gasteiger partial charge on any atom is -0.395 e. The van der Waals surface area contributed by atoms with Crippen molar-refractivity contribution in [2.45, 2.75) is 38.5 Å². The maximum Gasteiger partial charge on any atom is 0.132 e. The molecular formula is C13H24N4OS. The average molecular weight is 284 g/mol. The van der Waals surface area contributed by atoms with E-state index in [9.17, 15) is 5.11 Å². The molecular weight excluding hydrogens is 260 g/mol. The molecule has 1 aromatic heterocycles. The average Bonchev–Trinajstić information content (AvgIpc) is 2.40. The fourth-order valence-electron chi connectivity index (χ4n) is 1.76. The van der Waals surface area contributed by atoms with Crippen molar-refractivity contribution >= 4 is 23.4 Å². The summed E-state index contributed by atoms with van der Waals surface area (Å²) in [4.78, 5) is 8.89. The van der Waals surface area contributed by atoms with Gasteiger partial charge in [0.2, 0.25) is 0 Å². The van der Waals surface area contributed by atoms with Gasteiger partial charge in [-0.1, -0.05) is 6.92 Å². The molecule has 0 aliphatic rings. The lowest BCUT2D eigenvalue weighted by Gasteiger charge is -2.22. The third-order valence-electron chi connectivity index (χ3n) is 2.86. The van der Waals surface area contributed by atoms with Crippen LogP contribution in [0.3, 0.4) is 0 Å². The normalized spacial score (nSPS) is 13.9. The molecule has 1 rings (SSSR count). The number of aliphatic hydroxyl groups excluding tert-OH is 1. The molecule has 6 heteroatoms. The van der Waals surface area contributed by atoms with Gasteiger partial charge in [0.15, 0.2) is 0 Å². The minimum atomic E-state index is 0.147. The van der Waals surface area contributed by atoms with Gasteiger partial charge in [0.05, 0.1) is 6.61 Å². The van der Waals surface area contributed by atoms with Gasteiger partial charge < -0.3 is 15.7 Å². The van der Waals surface area contributed by atoms with Gasteiger partial charge in [0.1, 0.15) is 17.5 Å². The summed E-state index contributed by atoms with van der Waals surface area (Å²) in [5, 5.41) is 16.0. The third kappa shape index (κ3) is 4.87. The van der Waals surface area contributed by atoms with Crippen molar-refractivity contribution in [3.8, 4) is 0 Å². The molecule has 0 bridgehead atoms. The molecule has 0 amide bonds. The molecule has 0 aromatic carbocycles. The Morgan fingerprint density at radius 2 is 2.00 bits per heavy atom. The standard InChI is InChI=1S/C13H24N4OS/c1-5-11-16-12(14-6-2)7-13(17-11)15-9(3)10(8-18)19-4/h7,9-10,18H,5-6,8H2,1-4H3,(H2,14,15,16,17).